The largest absolute Gasteiger partial charge is 0.494 e. The zero-order chi connectivity index (χ0) is 13.8. The van der Waals surface area contributed by atoms with Crippen molar-refractivity contribution in [3.8, 4) is 11.6 Å². The molecule has 4 nitrogen and oxygen atoms in total. The van der Waals surface area contributed by atoms with E-state index in [9.17, 15) is 9.18 Å². The van der Waals surface area contributed by atoms with Crippen molar-refractivity contribution in [1.82, 2.24) is 4.98 Å². The van der Waals surface area contributed by atoms with Crippen LogP contribution < -0.4 is 9.47 Å². The average Bonchev–Trinajstić information content (AvgIpc) is 2.46. The molecule has 19 heavy (non-hydrogen) atoms. The summed E-state index contributed by atoms with van der Waals surface area (Å²) in [6.45, 7) is 0. The fourth-order valence-electron chi connectivity index (χ4n) is 1.69. The van der Waals surface area contributed by atoms with Crippen LogP contribution in [0.25, 0.3) is 0 Å². The minimum Gasteiger partial charge on any atom is -0.494 e. The molecule has 0 aliphatic carbocycles. The summed E-state index contributed by atoms with van der Waals surface area (Å²) in [5, 5.41) is 0. The van der Waals surface area contributed by atoms with Gasteiger partial charge >= 0.3 is 0 Å². The van der Waals surface area contributed by atoms with Gasteiger partial charge in [-0.3, -0.25) is 4.79 Å². The van der Waals surface area contributed by atoms with Crippen molar-refractivity contribution in [2.75, 3.05) is 14.2 Å². The molecule has 0 N–H and O–H groups in total. The van der Waals surface area contributed by atoms with E-state index in [1.165, 1.54) is 32.5 Å². The van der Waals surface area contributed by atoms with E-state index in [-0.39, 0.29) is 28.5 Å². The minimum atomic E-state index is -0.587. The van der Waals surface area contributed by atoms with Gasteiger partial charge in [0.25, 0.3) is 0 Å². The third kappa shape index (κ3) is 2.54. The minimum absolute atomic E-state index is 0.0923. The van der Waals surface area contributed by atoms with E-state index in [4.69, 9.17) is 9.47 Å². The third-order valence-electron chi connectivity index (χ3n) is 2.62. The van der Waals surface area contributed by atoms with Gasteiger partial charge in [0.2, 0.25) is 5.88 Å². The predicted molar refractivity (Wildman–Crippen MR) is 67.2 cm³/mol. The Bertz CT molecular complexity index is 613. The van der Waals surface area contributed by atoms with E-state index in [1.807, 2.05) is 0 Å². The van der Waals surface area contributed by atoms with Crippen molar-refractivity contribution in [3.05, 3.63) is 53.5 Å². The van der Waals surface area contributed by atoms with Gasteiger partial charge in [0.05, 0.1) is 19.8 Å². The third-order valence-corrected chi connectivity index (χ3v) is 2.62. The molecule has 0 amide bonds. The lowest BCUT2D eigenvalue weighted by atomic mass is 10.0. The monoisotopic (exact) mass is 261 g/mol. The number of nitrogens with zero attached hydrogens (tertiary/aromatic N) is 1. The SMILES string of the molecule is COc1ccc(C(=O)c2cccnc2OC)cc1F. The molecule has 1 aromatic heterocycles. The van der Waals surface area contributed by atoms with Gasteiger partial charge in [-0.2, -0.15) is 0 Å². The Kier molecular flexibility index (Phi) is 3.75. The number of hydrogen-bond acceptors (Lipinski definition) is 4. The lowest BCUT2D eigenvalue weighted by Crippen LogP contribution is -2.05. The van der Waals surface area contributed by atoms with Gasteiger partial charge in [0.15, 0.2) is 17.3 Å². The second kappa shape index (κ2) is 5.48. The molecule has 0 saturated carbocycles. The molecule has 0 atom stereocenters. The van der Waals surface area contributed by atoms with Crippen LogP contribution in [-0.2, 0) is 0 Å². The maximum atomic E-state index is 13.6. The second-order valence-corrected chi connectivity index (χ2v) is 3.74. The number of rotatable bonds is 4. The molecule has 0 aliphatic rings. The Hall–Kier alpha value is -2.43. The molecular weight excluding hydrogens is 249 g/mol. The number of halogens is 1. The molecule has 98 valence electrons. The van der Waals surface area contributed by atoms with Crippen LogP contribution >= 0.6 is 0 Å². The Morgan fingerprint density at radius 2 is 2.00 bits per heavy atom. The van der Waals surface area contributed by atoms with Gasteiger partial charge in [0.1, 0.15) is 0 Å². The number of pyridine rings is 1. The standard InChI is InChI=1S/C14H12FNO3/c1-18-12-6-5-9(8-11(12)15)13(17)10-4-3-7-16-14(10)19-2/h3-8H,1-2H3. The summed E-state index contributed by atoms with van der Waals surface area (Å²) >= 11 is 0. The van der Waals surface area contributed by atoms with Crippen LogP contribution in [0.4, 0.5) is 4.39 Å². The number of carbonyl (C=O) groups excluding carboxylic acids is 1. The lowest BCUT2D eigenvalue weighted by molar-refractivity contribution is 0.103. The lowest BCUT2D eigenvalue weighted by Gasteiger charge is -2.07. The first kappa shape index (κ1) is 13.0. The van der Waals surface area contributed by atoms with Crippen LogP contribution in [0.2, 0.25) is 0 Å². The fraction of sp³-hybridized carbons (Fsp3) is 0.143. The Labute approximate surface area is 109 Å². The zero-order valence-corrected chi connectivity index (χ0v) is 10.5. The number of ether oxygens (including phenoxy) is 2. The van der Waals surface area contributed by atoms with Crippen molar-refractivity contribution in [3.63, 3.8) is 0 Å². The van der Waals surface area contributed by atoms with E-state index in [1.54, 1.807) is 12.1 Å². The highest BCUT2D eigenvalue weighted by molar-refractivity contribution is 6.10. The highest BCUT2D eigenvalue weighted by Crippen LogP contribution is 2.22. The smallest absolute Gasteiger partial charge is 0.224 e. The van der Waals surface area contributed by atoms with Crippen LogP contribution in [0.3, 0.4) is 0 Å². The van der Waals surface area contributed by atoms with E-state index in [2.05, 4.69) is 4.98 Å². The first-order chi connectivity index (χ1) is 9.17. The Morgan fingerprint density at radius 1 is 1.21 bits per heavy atom. The highest BCUT2D eigenvalue weighted by Gasteiger charge is 2.16. The summed E-state index contributed by atoms with van der Waals surface area (Å²) in [6.07, 6.45) is 1.52. The summed E-state index contributed by atoms with van der Waals surface area (Å²) in [5.41, 5.74) is 0.499. The van der Waals surface area contributed by atoms with Crippen LogP contribution in [0, 0.1) is 5.82 Å². The van der Waals surface area contributed by atoms with Gasteiger partial charge in [0, 0.05) is 11.8 Å². The molecule has 2 rings (SSSR count). The first-order valence-electron chi connectivity index (χ1n) is 5.54. The molecule has 2 aromatic rings. The van der Waals surface area contributed by atoms with E-state index in [0.29, 0.717) is 0 Å². The van der Waals surface area contributed by atoms with Gasteiger partial charge < -0.3 is 9.47 Å². The number of carbonyl (C=O) groups is 1. The number of methoxy groups -OCH3 is 2. The quantitative estimate of drug-likeness (QED) is 0.793. The van der Waals surface area contributed by atoms with Crippen molar-refractivity contribution in [2.24, 2.45) is 0 Å². The van der Waals surface area contributed by atoms with Crippen molar-refractivity contribution in [2.45, 2.75) is 0 Å². The number of hydrogen-bond donors (Lipinski definition) is 0. The summed E-state index contributed by atoms with van der Waals surface area (Å²) < 4.78 is 23.4. The molecule has 0 aliphatic heterocycles. The van der Waals surface area contributed by atoms with Gasteiger partial charge in [-0.05, 0) is 30.3 Å². The number of aromatic nitrogens is 1. The first-order valence-corrected chi connectivity index (χ1v) is 5.54. The van der Waals surface area contributed by atoms with E-state index >= 15 is 0 Å². The van der Waals surface area contributed by atoms with Gasteiger partial charge in [-0.15, -0.1) is 0 Å². The topological polar surface area (TPSA) is 48.4 Å². The molecule has 1 aromatic carbocycles. The van der Waals surface area contributed by atoms with Gasteiger partial charge in [-0.25, -0.2) is 9.37 Å². The van der Waals surface area contributed by atoms with Crippen molar-refractivity contribution < 1.29 is 18.7 Å². The zero-order valence-electron chi connectivity index (χ0n) is 10.5. The summed E-state index contributed by atoms with van der Waals surface area (Å²) in [5.74, 6) is -0.638. The molecular formula is C14H12FNO3. The van der Waals surface area contributed by atoms with Gasteiger partial charge in [-0.1, -0.05) is 0 Å². The van der Waals surface area contributed by atoms with Crippen LogP contribution in [-0.4, -0.2) is 25.0 Å². The average molecular weight is 261 g/mol. The molecule has 0 spiro atoms. The maximum Gasteiger partial charge on any atom is 0.224 e. The summed E-state index contributed by atoms with van der Waals surface area (Å²) in [6, 6.07) is 7.24. The molecule has 0 bridgehead atoms. The van der Waals surface area contributed by atoms with Crippen molar-refractivity contribution in [1.29, 1.82) is 0 Å². The summed E-state index contributed by atoms with van der Waals surface area (Å²) in [4.78, 5) is 16.2. The molecule has 0 fully saturated rings. The molecule has 0 saturated heterocycles. The molecule has 0 unspecified atom stereocenters. The molecule has 0 radical (unpaired) electrons. The van der Waals surface area contributed by atoms with Crippen LogP contribution in [0.1, 0.15) is 15.9 Å². The molecule has 5 heteroatoms. The van der Waals surface area contributed by atoms with Crippen LogP contribution in [0.15, 0.2) is 36.5 Å². The predicted octanol–water partition coefficient (Wildman–Crippen LogP) is 2.47. The van der Waals surface area contributed by atoms with E-state index in [0.717, 1.165) is 6.07 Å². The number of ketones is 1. The Morgan fingerprint density at radius 3 is 2.63 bits per heavy atom. The van der Waals surface area contributed by atoms with Crippen molar-refractivity contribution >= 4 is 5.78 Å². The summed E-state index contributed by atoms with van der Waals surface area (Å²) in [7, 11) is 2.79. The maximum absolute atomic E-state index is 13.6. The van der Waals surface area contributed by atoms with Crippen LogP contribution in [0.5, 0.6) is 11.6 Å². The Balaban J connectivity index is 2.41. The highest BCUT2D eigenvalue weighted by atomic mass is 19.1. The normalized spacial score (nSPS) is 10.1. The molecule has 1 heterocycles. The second-order valence-electron chi connectivity index (χ2n) is 3.74. The van der Waals surface area contributed by atoms with E-state index < -0.39 is 5.82 Å². The fourth-order valence-corrected chi connectivity index (χ4v) is 1.69. The number of benzene rings is 1.